The van der Waals surface area contributed by atoms with E-state index in [4.69, 9.17) is 0 Å². The first kappa shape index (κ1) is 27.0. The molecule has 0 aromatic heterocycles. The van der Waals surface area contributed by atoms with Gasteiger partial charge >= 0.3 is 0 Å². The molecule has 2 nitrogen and oxygen atoms in total. The molecule has 1 aromatic rings. The molecule has 1 saturated heterocycles. The van der Waals surface area contributed by atoms with E-state index in [1.54, 1.807) is 11.1 Å². The van der Waals surface area contributed by atoms with E-state index in [0.717, 1.165) is 12.0 Å². The molecule has 2 heteroatoms. The summed E-state index contributed by atoms with van der Waals surface area (Å²) in [4.78, 5) is 2.45. The number of nitrogens with one attached hydrogen (secondary N) is 1. The van der Waals surface area contributed by atoms with E-state index in [-0.39, 0.29) is 0 Å². The molecule has 2 unspecified atom stereocenters. The van der Waals surface area contributed by atoms with Gasteiger partial charge in [0.1, 0.15) is 0 Å². The topological polar surface area (TPSA) is 15.3 Å². The van der Waals surface area contributed by atoms with Gasteiger partial charge in [-0.15, -0.1) is 0 Å². The molecule has 2 fully saturated rings. The number of hydrogen-bond acceptors (Lipinski definition) is 2. The van der Waals surface area contributed by atoms with E-state index >= 15 is 0 Å². The average molecular weight is 441 g/mol. The van der Waals surface area contributed by atoms with Crippen LogP contribution in [0.1, 0.15) is 116 Å². The monoisotopic (exact) mass is 440 g/mol. The van der Waals surface area contributed by atoms with Gasteiger partial charge in [-0.2, -0.15) is 0 Å². The van der Waals surface area contributed by atoms with Crippen LogP contribution in [0.15, 0.2) is 24.8 Å². The van der Waals surface area contributed by atoms with Gasteiger partial charge in [-0.1, -0.05) is 85.4 Å². The minimum Gasteiger partial charge on any atom is -0.372 e. The minimum absolute atomic E-state index is 0.693. The SMILES string of the molecule is C=C(c1ccc2c(c1)CCC(NC1CCCC1)C2)N1CCCC1.CC.CCCC(C)CC. The molecular weight excluding hydrogens is 388 g/mol. The summed E-state index contributed by atoms with van der Waals surface area (Å²) in [6.45, 7) is 17.5. The van der Waals surface area contributed by atoms with Gasteiger partial charge in [0.25, 0.3) is 0 Å². The van der Waals surface area contributed by atoms with Crippen LogP contribution in [0.4, 0.5) is 0 Å². The van der Waals surface area contributed by atoms with Gasteiger partial charge in [0.2, 0.25) is 0 Å². The van der Waals surface area contributed by atoms with Crippen LogP contribution in [-0.2, 0) is 12.8 Å². The van der Waals surface area contributed by atoms with Gasteiger partial charge in [-0.3, -0.25) is 0 Å². The predicted molar refractivity (Wildman–Crippen MR) is 143 cm³/mol. The highest BCUT2D eigenvalue weighted by atomic mass is 15.1. The second-order valence-corrected chi connectivity index (χ2v) is 10.0. The van der Waals surface area contributed by atoms with Crippen molar-refractivity contribution < 1.29 is 0 Å². The number of aryl methyl sites for hydroxylation is 1. The normalized spacial score (nSPS) is 21.2. The van der Waals surface area contributed by atoms with E-state index in [9.17, 15) is 0 Å². The Labute approximate surface area is 200 Å². The third-order valence-corrected chi connectivity index (χ3v) is 7.56. The van der Waals surface area contributed by atoms with Crippen molar-refractivity contribution in [2.24, 2.45) is 5.92 Å². The number of benzene rings is 1. The van der Waals surface area contributed by atoms with Crippen LogP contribution in [0.2, 0.25) is 0 Å². The fourth-order valence-electron chi connectivity index (χ4n) is 5.37. The maximum atomic E-state index is 4.35. The smallest absolute Gasteiger partial charge is 0.0366 e. The molecule has 0 bridgehead atoms. The van der Waals surface area contributed by atoms with Crippen molar-refractivity contribution in [2.75, 3.05) is 13.1 Å². The van der Waals surface area contributed by atoms with Crippen LogP contribution in [0, 0.1) is 5.92 Å². The Bertz CT molecular complexity index is 653. The Hall–Kier alpha value is -1.28. The summed E-state index contributed by atoms with van der Waals surface area (Å²) in [5.41, 5.74) is 5.70. The van der Waals surface area contributed by atoms with Crippen molar-refractivity contribution in [3.05, 3.63) is 41.5 Å². The lowest BCUT2D eigenvalue weighted by Gasteiger charge is -2.29. The van der Waals surface area contributed by atoms with Gasteiger partial charge in [-0.25, -0.2) is 0 Å². The lowest BCUT2D eigenvalue weighted by molar-refractivity contribution is 0.395. The number of nitrogens with zero attached hydrogens (tertiary/aromatic N) is 1. The van der Waals surface area contributed by atoms with Crippen LogP contribution >= 0.6 is 0 Å². The molecule has 3 aliphatic rings. The Kier molecular flexibility index (Phi) is 12.5. The highest BCUT2D eigenvalue weighted by Gasteiger charge is 2.24. The summed E-state index contributed by atoms with van der Waals surface area (Å²) in [7, 11) is 0. The molecule has 0 radical (unpaired) electrons. The molecule has 0 spiro atoms. The van der Waals surface area contributed by atoms with Crippen molar-refractivity contribution in [3.8, 4) is 0 Å². The Morgan fingerprint density at radius 3 is 2.28 bits per heavy atom. The van der Waals surface area contributed by atoms with Crippen molar-refractivity contribution in [2.45, 2.75) is 124 Å². The molecule has 1 N–H and O–H groups in total. The molecular formula is C30H52N2. The van der Waals surface area contributed by atoms with Crippen LogP contribution in [-0.4, -0.2) is 30.1 Å². The zero-order valence-corrected chi connectivity index (χ0v) is 22.0. The number of rotatable bonds is 7. The highest BCUT2D eigenvalue weighted by Crippen LogP contribution is 2.29. The predicted octanol–water partition coefficient (Wildman–Crippen LogP) is 8.00. The lowest BCUT2D eigenvalue weighted by atomic mass is 9.86. The third-order valence-electron chi connectivity index (χ3n) is 7.56. The lowest BCUT2D eigenvalue weighted by Crippen LogP contribution is -2.40. The minimum atomic E-state index is 0.693. The molecule has 182 valence electrons. The molecule has 2 atom stereocenters. The quantitative estimate of drug-likeness (QED) is 0.462. The second-order valence-electron chi connectivity index (χ2n) is 10.0. The maximum absolute atomic E-state index is 4.35. The van der Waals surface area contributed by atoms with Crippen LogP contribution in [0.3, 0.4) is 0 Å². The van der Waals surface area contributed by atoms with Crippen molar-refractivity contribution >= 4 is 5.70 Å². The third kappa shape index (κ3) is 8.25. The highest BCUT2D eigenvalue weighted by molar-refractivity contribution is 5.63. The summed E-state index contributed by atoms with van der Waals surface area (Å²) in [6, 6.07) is 8.57. The second kappa shape index (κ2) is 14.8. The summed E-state index contributed by atoms with van der Waals surface area (Å²) in [5.74, 6) is 0.949. The van der Waals surface area contributed by atoms with E-state index in [2.05, 4.69) is 55.8 Å². The maximum Gasteiger partial charge on any atom is 0.0366 e. The molecule has 1 saturated carbocycles. The van der Waals surface area contributed by atoms with Crippen LogP contribution in [0.25, 0.3) is 5.70 Å². The first-order chi connectivity index (χ1) is 15.6. The van der Waals surface area contributed by atoms with Crippen molar-refractivity contribution in [3.63, 3.8) is 0 Å². The molecule has 0 amide bonds. The largest absolute Gasteiger partial charge is 0.372 e. The summed E-state index contributed by atoms with van der Waals surface area (Å²) in [5, 5.41) is 3.92. The number of hydrogen-bond donors (Lipinski definition) is 1. The molecule has 32 heavy (non-hydrogen) atoms. The Morgan fingerprint density at radius 1 is 1.00 bits per heavy atom. The van der Waals surface area contributed by atoms with Gasteiger partial charge in [-0.05, 0) is 73.6 Å². The summed E-state index contributed by atoms with van der Waals surface area (Å²) >= 11 is 0. The standard InChI is InChI=1S/C21H30N2.C7H16.C2H6/c1-16(23-12-4-5-13-23)17-8-9-19-15-21(11-10-18(19)14-17)22-20-6-2-3-7-20;1-4-6-7(3)5-2;1-2/h8-9,14,20-22H,1-7,10-13,15H2;7H,4-6H2,1-3H3;1-2H3. The number of likely N-dealkylation sites (tertiary alicyclic amines) is 1. The van der Waals surface area contributed by atoms with Crippen molar-refractivity contribution in [1.82, 2.24) is 10.2 Å². The first-order valence-corrected chi connectivity index (χ1v) is 13.9. The Balaban J connectivity index is 0.000000348. The van der Waals surface area contributed by atoms with Gasteiger partial charge in [0.15, 0.2) is 0 Å². The van der Waals surface area contributed by atoms with Crippen LogP contribution < -0.4 is 5.32 Å². The van der Waals surface area contributed by atoms with E-state index in [0.29, 0.717) is 6.04 Å². The van der Waals surface area contributed by atoms with E-state index in [1.165, 1.54) is 101 Å². The zero-order valence-electron chi connectivity index (χ0n) is 22.0. The Morgan fingerprint density at radius 2 is 1.69 bits per heavy atom. The van der Waals surface area contributed by atoms with E-state index in [1.807, 2.05) is 13.8 Å². The van der Waals surface area contributed by atoms with E-state index < -0.39 is 0 Å². The van der Waals surface area contributed by atoms with Gasteiger partial charge < -0.3 is 10.2 Å². The molecule has 2 aliphatic carbocycles. The summed E-state index contributed by atoms with van der Waals surface area (Å²) < 4.78 is 0. The molecule has 4 rings (SSSR count). The van der Waals surface area contributed by atoms with Gasteiger partial charge in [0.05, 0.1) is 0 Å². The van der Waals surface area contributed by atoms with Crippen molar-refractivity contribution in [1.29, 1.82) is 0 Å². The fourth-order valence-corrected chi connectivity index (χ4v) is 5.37. The molecule has 1 aliphatic heterocycles. The summed E-state index contributed by atoms with van der Waals surface area (Å²) in [6.07, 6.45) is 16.1. The first-order valence-electron chi connectivity index (χ1n) is 13.9. The molecule has 1 aromatic carbocycles. The van der Waals surface area contributed by atoms with Gasteiger partial charge in [0, 0.05) is 30.9 Å². The fraction of sp³-hybridized carbons (Fsp3) is 0.733. The number of fused-ring (bicyclic) bond motifs is 1. The van der Waals surface area contributed by atoms with Crippen LogP contribution in [0.5, 0.6) is 0 Å². The average Bonchev–Trinajstić information content (AvgIpc) is 3.55. The molecule has 1 heterocycles. The zero-order chi connectivity index (χ0) is 23.3.